The van der Waals surface area contributed by atoms with Crippen molar-refractivity contribution in [2.24, 2.45) is 5.41 Å². The Balaban J connectivity index is 1.17. The summed E-state index contributed by atoms with van der Waals surface area (Å²) in [4.78, 5) is 24.5. The maximum atomic E-state index is 13.7. The zero-order chi connectivity index (χ0) is 25.4. The number of hydrogen-bond donors (Lipinski definition) is 1. The number of benzene rings is 2. The molecule has 3 aliphatic carbocycles. The number of Topliss-reactive ketones (excluding diaryl/α,β-unsaturated/α-hetero) is 1. The first-order valence-corrected chi connectivity index (χ1v) is 10.8. The lowest BCUT2D eigenvalue weighted by Gasteiger charge is -2.70. The number of carbonyl (C=O) groups excluding carboxylic acids is 2. The molecule has 0 radical (unpaired) electrons. The molecule has 0 atom stereocenters. The summed E-state index contributed by atoms with van der Waals surface area (Å²) in [6.45, 7) is -0.669. The van der Waals surface area contributed by atoms with E-state index in [0.29, 0.717) is 25.3 Å². The van der Waals surface area contributed by atoms with Gasteiger partial charge in [-0.2, -0.15) is 0 Å². The van der Waals surface area contributed by atoms with Gasteiger partial charge >= 0.3 is 6.36 Å². The van der Waals surface area contributed by atoms with Crippen LogP contribution in [0.1, 0.15) is 25.7 Å². The summed E-state index contributed by atoms with van der Waals surface area (Å²) in [6.07, 6.45) is -2.96. The number of rotatable bonds is 10. The van der Waals surface area contributed by atoms with Gasteiger partial charge in [0, 0.05) is 24.1 Å². The van der Waals surface area contributed by atoms with Gasteiger partial charge in [0.2, 0.25) is 0 Å². The smallest absolute Gasteiger partial charge is 0.486 e. The molecule has 2 aromatic carbocycles. The van der Waals surface area contributed by atoms with Crippen LogP contribution in [0.15, 0.2) is 36.4 Å². The molecule has 188 valence electrons. The second-order valence-electron chi connectivity index (χ2n) is 8.87. The molecule has 0 aliphatic heterocycles. The lowest BCUT2D eigenvalue weighted by molar-refractivity contribution is -0.275. The van der Waals surface area contributed by atoms with Crippen LogP contribution in [-0.2, 0) is 9.59 Å². The van der Waals surface area contributed by atoms with Crippen molar-refractivity contribution in [3.8, 4) is 17.2 Å². The molecule has 0 spiro atoms. The highest BCUT2D eigenvalue weighted by Crippen LogP contribution is 2.69. The lowest BCUT2D eigenvalue weighted by atomic mass is 9.38. The Kier molecular flexibility index (Phi) is 6.56. The molecule has 12 heteroatoms. The van der Waals surface area contributed by atoms with E-state index in [1.165, 1.54) is 12.1 Å². The molecule has 3 fully saturated rings. The van der Waals surface area contributed by atoms with Crippen LogP contribution in [0.2, 0.25) is 5.02 Å². The van der Waals surface area contributed by atoms with Crippen molar-refractivity contribution in [2.45, 2.75) is 37.6 Å². The Morgan fingerprint density at radius 3 is 2.14 bits per heavy atom. The molecule has 1 N–H and O–H groups in total. The van der Waals surface area contributed by atoms with Crippen molar-refractivity contribution in [2.75, 3.05) is 13.2 Å². The van der Waals surface area contributed by atoms with Gasteiger partial charge in [0.25, 0.3) is 5.91 Å². The van der Waals surface area contributed by atoms with Crippen LogP contribution in [0.4, 0.5) is 22.0 Å². The van der Waals surface area contributed by atoms with Crippen molar-refractivity contribution in [1.82, 2.24) is 5.32 Å². The molecule has 2 aromatic rings. The zero-order valence-corrected chi connectivity index (χ0v) is 18.8. The zero-order valence-electron chi connectivity index (χ0n) is 18.0. The lowest BCUT2D eigenvalue weighted by Crippen LogP contribution is -2.75. The highest BCUT2D eigenvalue weighted by Gasteiger charge is 2.68. The number of amides is 1. The number of alkyl halides is 3. The van der Waals surface area contributed by atoms with Crippen molar-refractivity contribution in [1.29, 1.82) is 0 Å². The van der Waals surface area contributed by atoms with Crippen LogP contribution in [-0.4, -0.2) is 36.8 Å². The summed E-state index contributed by atoms with van der Waals surface area (Å²) in [6, 6.07) is 6.40. The molecule has 3 saturated carbocycles. The highest BCUT2D eigenvalue weighted by atomic mass is 35.5. The largest absolute Gasteiger partial charge is 0.573 e. The first-order chi connectivity index (χ1) is 16.4. The molecule has 0 heterocycles. The molecule has 3 aliphatic rings. The van der Waals surface area contributed by atoms with Gasteiger partial charge in [0.1, 0.15) is 23.9 Å². The average molecular weight is 520 g/mol. The van der Waals surface area contributed by atoms with E-state index in [0.717, 1.165) is 18.2 Å². The maximum absolute atomic E-state index is 13.7. The van der Waals surface area contributed by atoms with Gasteiger partial charge in [-0.3, -0.25) is 9.59 Å². The van der Waals surface area contributed by atoms with E-state index in [-0.39, 0.29) is 40.7 Å². The van der Waals surface area contributed by atoms with Gasteiger partial charge in [-0.1, -0.05) is 11.6 Å². The van der Waals surface area contributed by atoms with Gasteiger partial charge in [-0.25, -0.2) is 8.78 Å². The predicted molar refractivity (Wildman–Crippen MR) is 112 cm³/mol. The Morgan fingerprint density at radius 2 is 1.54 bits per heavy atom. The fraction of sp³-hybridized carbons (Fsp3) is 0.391. The number of ketones is 1. The van der Waals surface area contributed by atoms with E-state index in [2.05, 4.69) is 10.1 Å². The molecule has 35 heavy (non-hydrogen) atoms. The Morgan fingerprint density at radius 1 is 0.943 bits per heavy atom. The third kappa shape index (κ3) is 5.95. The minimum absolute atomic E-state index is 0.0455. The normalized spacial score (nSPS) is 22.5. The quantitative estimate of drug-likeness (QED) is 0.449. The monoisotopic (exact) mass is 519 g/mol. The van der Waals surface area contributed by atoms with Crippen LogP contribution in [0.5, 0.6) is 17.2 Å². The fourth-order valence-corrected chi connectivity index (χ4v) is 4.90. The Labute approximate surface area is 201 Å². The van der Waals surface area contributed by atoms with E-state index in [1.54, 1.807) is 0 Å². The maximum Gasteiger partial charge on any atom is 0.573 e. The molecule has 6 nitrogen and oxygen atoms in total. The minimum atomic E-state index is -5.03. The first kappa shape index (κ1) is 25.0. The van der Waals surface area contributed by atoms with Gasteiger partial charge in [-0.15, -0.1) is 13.2 Å². The second-order valence-corrected chi connectivity index (χ2v) is 9.27. The summed E-state index contributed by atoms with van der Waals surface area (Å²) < 4.78 is 77.7. The van der Waals surface area contributed by atoms with Crippen LogP contribution in [0, 0.1) is 17.0 Å². The van der Waals surface area contributed by atoms with E-state index in [4.69, 9.17) is 21.1 Å². The van der Waals surface area contributed by atoms with Gasteiger partial charge in [0.15, 0.2) is 24.0 Å². The number of hydrogen-bond acceptors (Lipinski definition) is 5. The molecule has 0 aromatic heterocycles. The summed E-state index contributed by atoms with van der Waals surface area (Å²) in [5.41, 5.74) is -0.645. The average Bonchev–Trinajstić information content (AvgIpc) is 2.71. The molecular weight excluding hydrogens is 501 g/mol. The van der Waals surface area contributed by atoms with Crippen LogP contribution in [0.3, 0.4) is 0 Å². The second kappa shape index (κ2) is 9.18. The molecule has 1 amide bonds. The Hall–Kier alpha value is -3.08. The standard InChI is InChI=1S/C23H19ClF5NO5/c24-16-3-1-14(5-17(16)25)33-8-13(31)7-21-10-22(11-21,12-21)30-20(32)9-34-15-2-4-19(18(26)6-15)35-23(27,28)29/h1-6H,7-12H2,(H,30,32). The summed E-state index contributed by atoms with van der Waals surface area (Å²) >= 11 is 5.60. The summed E-state index contributed by atoms with van der Waals surface area (Å²) in [7, 11) is 0. The van der Waals surface area contributed by atoms with Crippen molar-refractivity contribution >= 4 is 23.3 Å². The predicted octanol–water partition coefficient (Wildman–Crippen LogP) is 4.97. The van der Waals surface area contributed by atoms with Crippen molar-refractivity contribution in [3.05, 3.63) is 53.1 Å². The third-order valence-corrected chi connectivity index (χ3v) is 6.21. The van der Waals surface area contributed by atoms with Crippen LogP contribution >= 0.6 is 11.6 Å². The summed E-state index contributed by atoms with van der Waals surface area (Å²) in [5, 5.41) is 2.78. The van der Waals surface area contributed by atoms with Crippen molar-refractivity contribution < 1.29 is 45.8 Å². The minimum Gasteiger partial charge on any atom is -0.486 e. The van der Waals surface area contributed by atoms with Gasteiger partial charge in [0.05, 0.1) is 5.02 Å². The van der Waals surface area contributed by atoms with Gasteiger partial charge in [-0.05, 0) is 48.9 Å². The SMILES string of the molecule is O=C(COc1ccc(Cl)c(F)c1)CC12CC(NC(=O)COc3ccc(OC(F)(F)F)c(F)c3)(C1)C2. The third-order valence-electron chi connectivity index (χ3n) is 5.91. The van der Waals surface area contributed by atoms with E-state index < -0.39 is 41.8 Å². The van der Waals surface area contributed by atoms with Crippen LogP contribution in [0.25, 0.3) is 0 Å². The highest BCUT2D eigenvalue weighted by molar-refractivity contribution is 6.30. The number of nitrogens with one attached hydrogen (secondary N) is 1. The number of halogens is 6. The van der Waals surface area contributed by atoms with Crippen molar-refractivity contribution in [3.63, 3.8) is 0 Å². The molecule has 2 bridgehead atoms. The fourth-order valence-electron chi connectivity index (χ4n) is 4.78. The molecule has 5 rings (SSSR count). The molecular formula is C23H19ClF5NO5. The van der Waals surface area contributed by atoms with Gasteiger partial charge < -0.3 is 19.5 Å². The Bertz CT molecular complexity index is 1140. The number of ether oxygens (including phenoxy) is 3. The summed E-state index contributed by atoms with van der Waals surface area (Å²) in [5.74, 6) is -3.49. The number of carbonyl (C=O) groups is 2. The topological polar surface area (TPSA) is 73.9 Å². The molecule has 0 saturated heterocycles. The van der Waals surface area contributed by atoms with E-state index in [1.807, 2.05) is 0 Å². The van der Waals surface area contributed by atoms with Crippen LogP contribution < -0.4 is 19.5 Å². The first-order valence-electron chi connectivity index (χ1n) is 10.4. The van der Waals surface area contributed by atoms with E-state index >= 15 is 0 Å². The van der Waals surface area contributed by atoms with E-state index in [9.17, 15) is 31.5 Å². The molecule has 0 unspecified atom stereocenters.